The van der Waals surface area contributed by atoms with Crippen molar-refractivity contribution in [1.29, 1.82) is 0 Å². The number of ether oxygens (including phenoxy) is 1. The number of benzene rings is 1. The summed E-state index contributed by atoms with van der Waals surface area (Å²) in [5, 5.41) is 3.62. The molecule has 1 aliphatic rings. The average Bonchev–Trinajstić information content (AvgIpc) is 2.44. The van der Waals surface area contributed by atoms with E-state index in [2.05, 4.69) is 12.2 Å². The van der Waals surface area contributed by atoms with Gasteiger partial charge in [-0.05, 0) is 36.5 Å². The minimum Gasteiger partial charge on any atom is -0.484 e. The van der Waals surface area contributed by atoms with Crippen molar-refractivity contribution in [2.75, 3.05) is 6.61 Å². The van der Waals surface area contributed by atoms with Gasteiger partial charge in [-0.15, -0.1) is 0 Å². The van der Waals surface area contributed by atoms with E-state index in [1.54, 1.807) is 0 Å². The van der Waals surface area contributed by atoms with Gasteiger partial charge < -0.3 is 15.8 Å². The molecule has 1 aromatic carbocycles. The Morgan fingerprint density at radius 3 is 2.75 bits per heavy atom. The van der Waals surface area contributed by atoms with Crippen LogP contribution >= 0.6 is 0 Å². The molecule has 0 bridgehead atoms. The van der Waals surface area contributed by atoms with Crippen molar-refractivity contribution >= 4 is 5.91 Å². The van der Waals surface area contributed by atoms with Crippen LogP contribution in [0.15, 0.2) is 24.3 Å². The summed E-state index contributed by atoms with van der Waals surface area (Å²) in [5.41, 5.74) is 6.27. The summed E-state index contributed by atoms with van der Waals surface area (Å²) in [6.07, 6.45) is 5.26. The van der Waals surface area contributed by atoms with Gasteiger partial charge in [0.25, 0.3) is 5.91 Å². The molecule has 2 unspecified atom stereocenters. The normalized spacial score (nSPS) is 22.4. The zero-order valence-corrected chi connectivity index (χ0v) is 12.1. The smallest absolute Gasteiger partial charge is 0.255 e. The molecule has 2 atom stereocenters. The fourth-order valence-corrected chi connectivity index (χ4v) is 2.74. The van der Waals surface area contributed by atoms with E-state index in [0.29, 0.717) is 11.8 Å². The molecule has 2 rings (SSSR count). The molecule has 4 nitrogen and oxygen atoms in total. The van der Waals surface area contributed by atoms with Gasteiger partial charge in [-0.3, -0.25) is 4.79 Å². The van der Waals surface area contributed by atoms with Gasteiger partial charge in [0.2, 0.25) is 0 Å². The van der Waals surface area contributed by atoms with Crippen LogP contribution in [0.1, 0.15) is 38.2 Å². The molecule has 20 heavy (non-hydrogen) atoms. The Morgan fingerprint density at radius 2 is 2.10 bits per heavy atom. The van der Waals surface area contributed by atoms with Gasteiger partial charge >= 0.3 is 0 Å². The topological polar surface area (TPSA) is 64.3 Å². The molecule has 1 aliphatic carbocycles. The number of primary amides is 1. The van der Waals surface area contributed by atoms with Gasteiger partial charge in [-0.2, -0.15) is 0 Å². The number of carbonyl (C=O) groups is 1. The maximum atomic E-state index is 10.6. The highest BCUT2D eigenvalue weighted by Gasteiger charge is 2.17. The largest absolute Gasteiger partial charge is 0.484 e. The van der Waals surface area contributed by atoms with Crippen molar-refractivity contribution in [1.82, 2.24) is 5.32 Å². The van der Waals surface area contributed by atoms with Crippen molar-refractivity contribution < 1.29 is 9.53 Å². The van der Waals surface area contributed by atoms with E-state index >= 15 is 0 Å². The first kappa shape index (κ1) is 14.9. The zero-order valence-electron chi connectivity index (χ0n) is 12.1. The van der Waals surface area contributed by atoms with E-state index in [0.717, 1.165) is 12.5 Å². The lowest BCUT2D eigenvalue weighted by atomic mass is 9.87. The lowest BCUT2D eigenvalue weighted by Crippen LogP contribution is -2.33. The van der Waals surface area contributed by atoms with Gasteiger partial charge in [0.15, 0.2) is 6.61 Å². The molecular formula is C16H24N2O2. The highest BCUT2D eigenvalue weighted by atomic mass is 16.5. The summed E-state index contributed by atoms with van der Waals surface area (Å²) >= 11 is 0. The molecule has 0 aliphatic heterocycles. The van der Waals surface area contributed by atoms with E-state index in [4.69, 9.17) is 10.5 Å². The number of rotatable bonds is 6. The second-order valence-corrected chi connectivity index (χ2v) is 5.75. The SMILES string of the molecule is CC1CCCC(NCc2ccc(OCC(N)=O)cc2)C1. The predicted molar refractivity (Wildman–Crippen MR) is 79.4 cm³/mol. The Labute approximate surface area is 120 Å². The summed E-state index contributed by atoms with van der Waals surface area (Å²) in [4.78, 5) is 10.6. The van der Waals surface area contributed by atoms with Gasteiger partial charge in [0, 0.05) is 12.6 Å². The van der Waals surface area contributed by atoms with E-state index in [1.165, 1.54) is 31.2 Å². The fourth-order valence-electron chi connectivity index (χ4n) is 2.74. The molecule has 0 heterocycles. The molecule has 1 fully saturated rings. The standard InChI is InChI=1S/C16H24N2O2/c1-12-3-2-4-14(9-12)18-10-13-5-7-15(8-6-13)20-11-16(17)19/h5-8,12,14,18H,2-4,9-11H2,1H3,(H2,17,19). The molecule has 0 spiro atoms. The van der Waals surface area contributed by atoms with Crippen LogP contribution < -0.4 is 15.8 Å². The van der Waals surface area contributed by atoms with Crippen molar-refractivity contribution in [3.8, 4) is 5.75 Å². The summed E-state index contributed by atoms with van der Waals surface area (Å²) in [6.45, 7) is 3.14. The Morgan fingerprint density at radius 1 is 1.35 bits per heavy atom. The minimum absolute atomic E-state index is 0.0719. The Hall–Kier alpha value is -1.55. The Bertz CT molecular complexity index is 431. The van der Waals surface area contributed by atoms with E-state index in [1.807, 2.05) is 24.3 Å². The molecule has 1 aromatic rings. The second-order valence-electron chi connectivity index (χ2n) is 5.75. The van der Waals surface area contributed by atoms with Crippen LogP contribution in [-0.2, 0) is 11.3 Å². The lowest BCUT2D eigenvalue weighted by Gasteiger charge is -2.27. The molecule has 1 amide bonds. The van der Waals surface area contributed by atoms with Crippen LogP contribution in [0.25, 0.3) is 0 Å². The lowest BCUT2D eigenvalue weighted by molar-refractivity contribution is -0.119. The maximum Gasteiger partial charge on any atom is 0.255 e. The highest BCUT2D eigenvalue weighted by molar-refractivity contribution is 5.75. The van der Waals surface area contributed by atoms with E-state index < -0.39 is 5.91 Å². The van der Waals surface area contributed by atoms with Gasteiger partial charge in [0.05, 0.1) is 0 Å². The molecule has 4 heteroatoms. The first-order valence-electron chi connectivity index (χ1n) is 7.37. The molecular weight excluding hydrogens is 252 g/mol. The zero-order chi connectivity index (χ0) is 14.4. The van der Waals surface area contributed by atoms with Crippen LogP contribution in [0.3, 0.4) is 0 Å². The quantitative estimate of drug-likeness (QED) is 0.837. The van der Waals surface area contributed by atoms with Gasteiger partial charge in [-0.1, -0.05) is 31.9 Å². The van der Waals surface area contributed by atoms with Crippen molar-refractivity contribution in [2.24, 2.45) is 11.7 Å². The number of hydrogen-bond acceptors (Lipinski definition) is 3. The van der Waals surface area contributed by atoms with Crippen LogP contribution in [0.5, 0.6) is 5.75 Å². The number of carbonyl (C=O) groups excluding carboxylic acids is 1. The molecule has 1 saturated carbocycles. The van der Waals surface area contributed by atoms with Crippen molar-refractivity contribution in [3.63, 3.8) is 0 Å². The van der Waals surface area contributed by atoms with Crippen LogP contribution in [-0.4, -0.2) is 18.6 Å². The van der Waals surface area contributed by atoms with Crippen LogP contribution in [0.4, 0.5) is 0 Å². The number of hydrogen-bond donors (Lipinski definition) is 2. The number of nitrogens with one attached hydrogen (secondary N) is 1. The van der Waals surface area contributed by atoms with Crippen molar-refractivity contribution in [3.05, 3.63) is 29.8 Å². The molecule has 0 radical (unpaired) electrons. The number of nitrogens with two attached hydrogens (primary N) is 1. The molecule has 110 valence electrons. The van der Waals surface area contributed by atoms with Crippen LogP contribution in [0.2, 0.25) is 0 Å². The summed E-state index contributed by atoms with van der Waals surface area (Å²) in [7, 11) is 0. The monoisotopic (exact) mass is 276 g/mol. The Balaban J connectivity index is 1.77. The van der Waals surface area contributed by atoms with Crippen LogP contribution in [0, 0.1) is 5.92 Å². The third kappa shape index (κ3) is 4.85. The second kappa shape index (κ2) is 7.29. The highest BCUT2D eigenvalue weighted by Crippen LogP contribution is 2.23. The third-order valence-electron chi connectivity index (χ3n) is 3.84. The summed E-state index contributed by atoms with van der Waals surface area (Å²) in [5.74, 6) is 1.06. The predicted octanol–water partition coefficient (Wildman–Crippen LogP) is 2.22. The average molecular weight is 276 g/mol. The minimum atomic E-state index is -0.456. The summed E-state index contributed by atoms with van der Waals surface area (Å²) in [6, 6.07) is 8.45. The molecule has 0 aromatic heterocycles. The molecule has 3 N–H and O–H groups in total. The Kier molecular flexibility index (Phi) is 5.41. The maximum absolute atomic E-state index is 10.6. The number of amides is 1. The van der Waals surface area contributed by atoms with Gasteiger partial charge in [0.1, 0.15) is 5.75 Å². The fraction of sp³-hybridized carbons (Fsp3) is 0.562. The van der Waals surface area contributed by atoms with Gasteiger partial charge in [-0.25, -0.2) is 0 Å². The van der Waals surface area contributed by atoms with E-state index in [9.17, 15) is 4.79 Å². The molecule has 0 saturated heterocycles. The first-order valence-corrected chi connectivity index (χ1v) is 7.37. The van der Waals surface area contributed by atoms with Crippen molar-refractivity contribution in [2.45, 2.75) is 45.2 Å². The summed E-state index contributed by atoms with van der Waals surface area (Å²) < 4.78 is 5.24. The van der Waals surface area contributed by atoms with E-state index in [-0.39, 0.29) is 6.61 Å². The third-order valence-corrected chi connectivity index (χ3v) is 3.84. The first-order chi connectivity index (χ1) is 9.63.